The van der Waals surface area contributed by atoms with Gasteiger partial charge < -0.3 is 20.3 Å². The molecule has 2 aliphatic heterocycles. The predicted molar refractivity (Wildman–Crippen MR) is 185 cm³/mol. The van der Waals surface area contributed by atoms with E-state index < -0.39 is 54.0 Å². The number of nitrogens with zero attached hydrogens (tertiary/aromatic N) is 5. The molecule has 13 heteroatoms. The van der Waals surface area contributed by atoms with Gasteiger partial charge in [-0.3, -0.25) is 19.0 Å². The number of halogens is 2. The van der Waals surface area contributed by atoms with Crippen LogP contribution in [0.5, 0.6) is 0 Å². The Labute approximate surface area is 295 Å². The highest BCUT2D eigenvalue weighted by molar-refractivity contribution is 5.95. The van der Waals surface area contributed by atoms with Gasteiger partial charge in [-0.1, -0.05) is 18.2 Å². The van der Waals surface area contributed by atoms with Crippen LogP contribution < -0.4 is 10.6 Å². The zero-order valence-electron chi connectivity index (χ0n) is 29.2. The molecule has 1 aliphatic carbocycles. The van der Waals surface area contributed by atoms with Crippen LogP contribution in [0.4, 0.5) is 14.5 Å². The van der Waals surface area contributed by atoms with Gasteiger partial charge in [-0.2, -0.15) is 5.10 Å². The summed E-state index contributed by atoms with van der Waals surface area (Å²) in [5.41, 5.74) is 3.06. The second-order valence-electron chi connectivity index (χ2n) is 14.9. The third kappa shape index (κ3) is 6.85. The highest BCUT2D eigenvalue weighted by Gasteiger charge is 2.52. The quantitative estimate of drug-likeness (QED) is 0.220. The molecule has 2 N–H and O–H groups in total. The molecule has 7 rings (SSSR count). The number of nitrogens with one attached hydrogen (secondary N) is 2. The van der Waals surface area contributed by atoms with Crippen LogP contribution in [0.25, 0.3) is 5.69 Å². The number of fused-ring (bicyclic) bond motifs is 3. The van der Waals surface area contributed by atoms with E-state index in [0.717, 1.165) is 22.6 Å². The lowest BCUT2D eigenvalue weighted by Crippen LogP contribution is -2.53. The van der Waals surface area contributed by atoms with Crippen molar-refractivity contribution in [3.05, 3.63) is 95.8 Å². The largest absolute Gasteiger partial charge is 0.443 e. The maximum absolute atomic E-state index is 15.1. The summed E-state index contributed by atoms with van der Waals surface area (Å²) in [7, 11) is 0. The summed E-state index contributed by atoms with van der Waals surface area (Å²) in [6.45, 7) is 7.60. The lowest BCUT2D eigenvalue weighted by molar-refractivity contribution is -0.157. The van der Waals surface area contributed by atoms with Crippen molar-refractivity contribution in [3.8, 4) is 5.69 Å². The smallest absolute Gasteiger partial charge is 0.312 e. The lowest BCUT2D eigenvalue weighted by atomic mass is 9.79. The molecule has 3 aliphatic rings. The zero-order chi connectivity index (χ0) is 36.1. The van der Waals surface area contributed by atoms with E-state index in [0.29, 0.717) is 24.4 Å². The number of likely N-dealkylation sites (tertiary alicyclic amines) is 1. The minimum absolute atomic E-state index is 0.0184. The molecule has 268 valence electrons. The number of hydrogen-bond acceptors (Lipinski definition) is 7. The molecule has 1 saturated heterocycles. The number of ether oxygens (including phenoxy) is 1. The van der Waals surface area contributed by atoms with Gasteiger partial charge >= 0.3 is 5.97 Å². The number of benzene rings is 2. The summed E-state index contributed by atoms with van der Waals surface area (Å²) in [4.78, 5) is 46.9. The van der Waals surface area contributed by atoms with Gasteiger partial charge in [-0.05, 0) is 82.5 Å². The highest BCUT2D eigenvalue weighted by Crippen LogP contribution is 2.52. The number of esters is 1. The van der Waals surface area contributed by atoms with Crippen LogP contribution in [0.2, 0.25) is 0 Å². The number of carbonyl (C=O) groups is 3. The second-order valence-corrected chi connectivity index (χ2v) is 14.9. The molecule has 51 heavy (non-hydrogen) atoms. The van der Waals surface area contributed by atoms with E-state index in [1.54, 1.807) is 71.6 Å². The van der Waals surface area contributed by atoms with Gasteiger partial charge in [0.2, 0.25) is 11.8 Å². The summed E-state index contributed by atoms with van der Waals surface area (Å²) in [6, 6.07) is 14.9. The number of hydrogen-bond donors (Lipinski definition) is 2. The van der Waals surface area contributed by atoms with Crippen LogP contribution in [0.1, 0.15) is 86.0 Å². The van der Waals surface area contributed by atoms with Gasteiger partial charge in [0.25, 0.3) is 5.91 Å². The van der Waals surface area contributed by atoms with Crippen molar-refractivity contribution in [2.45, 2.75) is 84.2 Å². The Kier molecular flexibility index (Phi) is 8.92. The molecular formula is C38H43F2N7O4. The fourth-order valence-electron chi connectivity index (χ4n) is 7.64. The third-order valence-corrected chi connectivity index (χ3v) is 10.3. The van der Waals surface area contributed by atoms with E-state index in [1.165, 1.54) is 0 Å². The number of para-hydroxylation sites is 1. The summed E-state index contributed by atoms with van der Waals surface area (Å²) < 4.78 is 39.2. The van der Waals surface area contributed by atoms with Gasteiger partial charge in [0.05, 0.1) is 34.8 Å². The fraction of sp³-hybridized carbons (Fsp3) is 0.447. The first kappa shape index (κ1) is 34.4. The average Bonchev–Trinajstić information content (AvgIpc) is 3.87. The minimum Gasteiger partial charge on any atom is -0.443 e. The monoisotopic (exact) mass is 699 g/mol. The average molecular weight is 700 g/mol. The molecule has 0 radical (unpaired) electrons. The summed E-state index contributed by atoms with van der Waals surface area (Å²) >= 11 is 0. The Morgan fingerprint density at radius 3 is 2.53 bits per heavy atom. The van der Waals surface area contributed by atoms with Crippen molar-refractivity contribution in [1.82, 2.24) is 29.5 Å². The Hall–Kier alpha value is -5.07. The van der Waals surface area contributed by atoms with Crippen molar-refractivity contribution in [1.29, 1.82) is 0 Å². The first-order valence-corrected chi connectivity index (χ1v) is 17.4. The molecule has 4 aromatic rings. The SMILES string of the molecule is Cc1ccn(-c2ccc(C(=O)N[C@@H]3CCC(F)(F)C[C@@H]3C(=O)N3CC[C@H]4[C@@H](c5nccn5COC(=O)C(C)(C)C)Nc5ccccc5[C@H]43)cc2)n1. The predicted octanol–water partition coefficient (Wildman–Crippen LogP) is 6.21. The van der Waals surface area contributed by atoms with Crippen LogP contribution in [0, 0.1) is 24.2 Å². The highest BCUT2D eigenvalue weighted by atomic mass is 19.3. The van der Waals surface area contributed by atoms with E-state index >= 15 is 8.78 Å². The van der Waals surface area contributed by atoms with Gasteiger partial charge in [-0.25, -0.2) is 18.4 Å². The zero-order valence-corrected chi connectivity index (χ0v) is 29.2. The number of imidazole rings is 1. The molecule has 5 atom stereocenters. The molecule has 0 unspecified atom stereocenters. The standard InChI is InChI=1S/C38H43F2N7O4/c1-23-14-19-47(44-23)25-11-9-24(10-12-25)34(48)43-30-13-16-38(39,40)21-28(30)35(49)46-18-15-27-31(42-29-8-6-5-7-26(29)32(27)46)33-41-17-20-45(33)22-51-36(50)37(2,3)4/h5-12,14,17,19-20,27-28,30-32,42H,13,15-16,18,21-22H2,1-4H3,(H,43,48)/t27-,28-,30+,31-,32+/m0/s1. The fourth-order valence-corrected chi connectivity index (χ4v) is 7.64. The topological polar surface area (TPSA) is 123 Å². The molecule has 0 bridgehead atoms. The van der Waals surface area contributed by atoms with Gasteiger partial charge in [0, 0.05) is 61.2 Å². The number of alkyl halides is 2. The van der Waals surface area contributed by atoms with Crippen molar-refractivity contribution in [2.24, 2.45) is 17.3 Å². The number of carbonyl (C=O) groups excluding carboxylic acids is 3. The number of aromatic nitrogens is 4. The molecule has 2 aromatic heterocycles. The number of amides is 2. The molecule has 1 saturated carbocycles. The van der Waals surface area contributed by atoms with Crippen LogP contribution >= 0.6 is 0 Å². The number of aryl methyl sites for hydroxylation is 1. The summed E-state index contributed by atoms with van der Waals surface area (Å²) in [6.07, 6.45) is 4.75. The minimum atomic E-state index is -3.03. The number of rotatable bonds is 7. The Morgan fingerprint density at radius 2 is 1.80 bits per heavy atom. The van der Waals surface area contributed by atoms with Crippen molar-refractivity contribution < 1.29 is 27.9 Å². The van der Waals surface area contributed by atoms with Crippen LogP contribution in [0.3, 0.4) is 0 Å². The summed E-state index contributed by atoms with van der Waals surface area (Å²) in [5.74, 6) is -4.79. The molecule has 2 aromatic carbocycles. The maximum Gasteiger partial charge on any atom is 0.312 e. The molecular weight excluding hydrogens is 656 g/mol. The first-order valence-electron chi connectivity index (χ1n) is 17.4. The molecule has 2 amide bonds. The van der Waals surface area contributed by atoms with Gasteiger partial charge in [0.1, 0.15) is 5.82 Å². The van der Waals surface area contributed by atoms with Gasteiger partial charge in [-0.15, -0.1) is 0 Å². The second kappa shape index (κ2) is 13.2. The van der Waals surface area contributed by atoms with Crippen LogP contribution in [0.15, 0.2) is 73.2 Å². The van der Waals surface area contributed by atoms with Gasteiger partial charge in [0.15, 0.2) is 6.73 Å². The molecule has 4 heterocycles. The summed E-state index contributed by atoms with van der Waals surface area (Å²) in [5, 5.41) is 10.9. The van der Waals surface area contributed by atoms with E-state index in [4.69, 9.17) is 4.74 Å². The van der Waals surface area contributed by atoms with Crippen LogP contribution in [-0.4, -0.2) is 60.5 Å². The van der Waals surface area contributed by atoms with Crippen molar-refractivity contribution in [3.63, 3.8) is 0 Å². The van der Waals surface area contributed by atoms with E-state index in [-0.39, 0.29) is 31.1 Å². The molecule has 11 nitrogen and oxygen atoms in total. The van der Waals surface area contributed by atoms with E-state index in [9.17, 15) is 14.4 Å². The molecule has 2 fully saturated rings. The van der Waals surface area contributed by atoms with Crippen molar-refractivity contribution in [2.75, 3.05) is 11.9 Å². The van der Waals surface area contributed by atoms with Crippen LogP contribution in [-0.2, 0) is 21.1 Å². The van der Waals surface area contributed by atoms with E-state index in [2.05, 4.69) is 20.7 Å². The maximum atomic E-state index is 15.1. The lowest BCUT2D eigenvalue weighted by Gasteiger charge is -2.42. The normalized spacial score (nSPS) is 23.9. The molecule has 0 spiro atoms. The van der Waals surface area contributed by atoms with Crippen molar-refractivity contribution >= 4 is 23.5 Å². The number of anilines is 1. The Bertz CT molecular complexity index is 1930. The van der Waals surface area contributed by atoms with E-state index in [1.807, 2.05) is 43.5 Å². The Balaban J connectivity index is 1.13. The Morgan fingerprint density at radius 1 is 1.04 bits per heavy atom. The third-order valence-electron chi connectivity index (χ3n) is 10.3. The first-order chi connectivity index (χ1) is 24.3.